The van der Waals surface area contributed by atoms with Crippen LogP contribution in [-0.4, -0.2) is 37.2 Å². The van der Waals surface area contributed by atoms with Crippen molar-refractivity contribution in [2.75, 3.05) is 31.1 Å². The summed E-state index contributed by atoms with van der Waals surface area (Å²) in [7, 11) is 0. The van der Waals surface area contributed by atoms with Gasteiger partial charge in [-0.15, -0.1) is 0 Å². The van der Waals surface area contributed by atoms with Crippen LogP contribution in [-0.2, 0) is 6.42 Å². The molecule has 6 heteroatoms. The summed E-state index contributed by atoms with van der Waals surface area (Å²) >= 11 is 0. The molecule has 2 heterocycles. The van der Waals surface area contributed by atoms with Gasteiger partial charge in [-0.05, 0) is 42.9 Å². The van der Waals surface area contributed by atoms with Gasteiger partial charge in [-0.25, -0.2) is 9.78 Å². The number of hydrogen-bond acceptors (Lipinski definition) is 4. The monoisotopic (exact) mass is 363 g/mol. The summed E-state index contributed by atoms with van der Waals surface area (Å²) in [6, 6.07) is 15.8. The zero-order valence-corrected chi connectivity index (χ0v) is 15.4. The Kier molecular flexibility index (Phi) is 6.64. The number of anilines is 1. The maximum absolute atomic E-state index is 12.0. The molecule has 1 fully saturated rings. The second-order valence-corrected chi connectivity index (χ2v) is 6.79. The number of hydrogen-bond donors (Lipinski definition) is 2. The molecule has 0 aliphatic carbocycles. The van der Waals surface area contributed by atoms with E-state index in [0.29, 0.717) is 24.6 Å². The number of carbonyl (C=O) groups excluding carboxylic acids is 1. The average Bonchev–Trinajstić information content (AvgIpc) is 2.73. The number of nitrogens with zero attached hydrogens (tertiary/aromatic N) is 3. The minimum Gasteiger partial charge on any atom is -0.356 e. The number of benzene rings is 1. The highest BCUT2D eigenvalue weighted by Crippen LogP contribution is 2.23. The van der Waals surface area contributed by atoms with Crippen LogP contribution in [0.3, 0.4) is 0 Å². The lowest BCUT2D eigenvalue weighted by molar-refractivity contribution is 0.237. The second-order valence-electron chi connectivity index (χ2n) is 6.79. The molecule has 140 valence electrons. The SMILES string of the molecule is N#Cc1cccnc1N1CCC(CNC(=O)NCCc2ccccc2)CC1. The Bertz CT molecular complexity index is 779. The van der Waals surface area contributed by atoms with Crippen LogP contribution in [0.5, 0.6) is 0 Å². The molecule has 0 unspecified atom stereocenters. The Balaban J connectivity index is 1.36. The number of nitriles is 1. The second kappa shape index (κ2) is 9.58. The van der Waals surface area contributed by atoms with E-state index in [0.717, 1.165) is 38.2 Å². The molecule has 0 saturated carbocycles. The molecule has 2 N–H and O–H groups in total. The lowest BCUT2D eigenvalue weighted by atomic mass is 9.96. The Morgan fingerprint density at radius 3 is 2.67 bits per heavy atom. The molecular weight excluding hydrogens is 338 g/mol. The van der Waals surface area contributed by atoms with Gasteiger partial charge in [0.15, 0.2) is 0 Å². The van der Waals surface area contributed by atoms with Crippen LogP contribution >= 0.6 is 0 Å². The molecule has 0 radical (unpaired) electrons. The highest BCUT2D eigenvalue weighted by atomic mass is 16.2. The van der Waals surface area contributed by atoms with Gasteiger partial charge in [0, 0.05) is 32.4 Å². The van der Waals surface area contributed by atoms with Crippen molar-refractivity contribution in [3.8, 4) is 6.07 Å². The van der Waals surface area contributed by atoms with Crippen molar-refractivity contribution in [1.82, 2.24) is 15.6 Å². The lowest BCUT2D eigenvalue weighted by Crippen LogP contribution is -2.42. The minimum absolute atomic E-state index is 0.107. The summed E-state index contributed by atoms with van der Waals surface area (Å²) in [6.45, 7) is 3.02. The van der Waals surface area contributed by atoms with Crippen LogP contribution in [0.2, 0.25) is 0 Å². The molecule has 0 bridgehead atoms. The number of piperidine rings is 1. The van der Waals surface area contributed by atoms with Gasteiger partial charge < -0.3 is 15.5 Å². The lowest BCUT2D eigenvalue weighted by Gasteiger charge is -2.33. The molecule has 1 aliphatic rings. The quantitative estimate of drug-likeness (QED) is 0.827. The maximum atomic E-state index is 12.0. The number of pyridine rings is 1. The molecule has 2 aromatic rings. The standard InChI is InChI=1S/C21H25N5O/c22-15-19-7-4-11-23-20(19)26-13-9-18(10-14-26)16-25-21(27)24-12-8-17-5-2-1-3-6-17/h1-7,11,18H,8-10,12-14,16H2,(H2,24,25,27). The van der Waals surface area contributed by atoms with Gasteiger partial charge in [0.1, 0.15) is 11.9 Å². The van der Waals surface area contributed by atoms with E-state index in [9.17, 15) is 10.1 Å². The zero-order valence-electron chi connectivity index (χ0n) is 15.4. The van der Waals surface area contributed by atoms with E-state index in [1.807, 2.05) is 18.2 Å². The third-order valence-corrected chi connectivity index (χ3v) is 4.91. The number of carbonyl (C=O) groups is 1. The number of rotatable bonds is 6. The summed E-state index contributed by atoms with van der Waals surface area (Å²) < 4.78 is 0. The fraction of sp³-hybridized carbons (Fsp3) is 0.381. The zero-order chi connectivity index (χ0) is 18.9. The first-order valence-corrected chi connectivity index (χ1v) is 9.42. The van der Waals surface area contributed by atoms with Crippen LogP contribution in [0, 0.1) is 17.2 Å². The number of amides is 2. The number of urea groups is 1. The van der Waals surface area contributed by atoms with E-state index in [4.69, 9.17) is 0 Å². The molecule has 1 saturated heterocycles. The van der Waals surface area contributed by atoms with E-state index < -0.39 is 0 Å². The van der Waals surface area contributed by atoms with Crippen LogP contribution in [0.1, 0.15) is 24.0 Å². The van der Waals surface area contributed by atoms with Crippen molar-refractivity contribution in [2.24, 2.45) is 5.92 Å². The Hall–Kier alpha value is -3.07. The van der Waals surface area contributed by atoms with Crippen molar-refractivity contribution < 1.29 is 4.79 Å². The number of aromatic nitrogens is 1. The van der Waals surface area contributed by atoms with Gasteiger partial charge in [-0.2, -0.15) is 5.26 Å². The molecule has 1 aromatic heterocycles. The average molecular weight is 363 g/mol. The van der Waals surface area contributed by atoms with Crippen LogP contribution < -0.4 is 15.5 Å². The molecule has 0 atom stereocenters. The highest BCUT2D eigenvalue weighted by Gasteiger charge is 2.22. The Labute approximate surface area is 160 Å². The van der Waals surface area contributed by atoms with Crippen molar-refractivity contribution in [3.63, 3.8) is 0 Å². The summed E-state index contributed by atoms with van der Waals surface area (Å²) in [6.07, 6.45) is 4.51. The van der Waals surface area contributed by atoms with Crippen LogP contribution in [0.4, 0.5) is 10.6 Å². The molecule has 6 nitrogen and oxygen atoms in total. The first-order chi connectivity index (χ1) is 13.3. The topological polar surface area (TPSA) is 81.1 Å². The van der Waals surface area contributed by atoms with Gasteiger partial charge in [0.2, 0.25) is 0 Å². The highest BCUT2D eigenvalue weighted by molar-refractivity contribution is 5.73. The molecule has 2 amide bonds. The first-order valence-electron chi connectivity index (χ1n) is 9.42. The van der Waals surface area contributed by atoms with Crippen molar-refractivity contribution in [2.45, 2.75) is 19.3 Å². The van der Waals surface area contributed by atoms with E-state index in [1.165, 1.54) is 5.56 Å². The predicted molar refractivity (Wildman–Crippen MR) is 105 cm³/mol. The first kappa shape index (κ1) is 18.7. The van der Waals surface area contributed by atoms with Gasteiger partial charge in [-0.3, -0.25) is 0 Å². The Morgan fingerprint density at radius 2 is 1.93 bits per heavy atom. The predicted octanol–water partition coefficient (Wildman–Crippen LogP) is 2.71. The van der Waals surface area contributed by atoms with Gasteiger partial charge in [-0.1, -0.05) is 30.3 Å². The third kappa shape index (κ3) is 5.45. The van der Waals surface area contributed by atoms with Crippen molar-refractivity contribution >= 4 is 11.8 Å². The van der Waals surface area contributed by atoms with Crippen molar-refractivity contribution in [1.29, 1.82) is 5.26 Å². The summed E-state index contributed by atoms with van der Waals surface area (Å²) in [5.41, 5.74) is 1.84. The molecule has 27 heavy (non-hydrogen) atoms. The van der Waals surface area contributed by atoms with Crippen molar-refractivity contribution in [3.05, 3.63) is 59.8 Å². The van der Waals surface area contributed by atoms with Crippen LogP contribution in [0.25, 0.3) is 0 Å². The van der Waals surface area contributed by atoms with Crippen LogP contribution in [0.15, 0.2) is 48.7 Å². The van der Waals surface area contributed by atoms with E-state index in [-0.39, 0.29) is 6.03 Å². The summed E-state index contributed by atoms with van der Waals surface area (Å²) in [4.78, 5) is 18.5. The largest absolute Gasteiger partial charge is 0.356 e. The fourth-order valence-electron chi connectivity index (χ4n) is 3.35. The molecule has 1 aliphatic heterocycles. The minimum atomic E-state index is -0.107. The van der Waals surface area contributed by atoms with E-state index in [1.54, 1.807) is 18.3 Å². The normalized spacial score (nSPS) is 14.4. The summed E-state index contributed by atoms with van der Waals surface area (Å²) in [5, 5.41) is 15.1. The van der Waals surface area contributed by atoms with Gasteiger partial charge in [0.05, 0.1) is 5.56 Å². The molecule has 0 spiro atoms. The molecular formula is C21H25N5O. The van der Waals surface area contributed by atoms with Gasteiger partial charge >= 0.3 is 6.03 Å². The molecule has 1 aromatic carbocycles. The smallest absolute Gasteiger partial charge is 0.314 e. The van der Waals surface area contributed by atoms with Gasteiger partial charge in [0.25, 0.3) is 0 Å². The third-order valence-electron chi connectivity index (χ3n) is 4.91. The Morgan fingerprint density at radius 1 is 1.15 bits per heavy atom. The number of nitrogens with one attached hydrogen (secondary N) is 2. The summed E-state index contributed by atoms with van der Waals surface area (Å²) in [5.74, 6) is 1.22. The van der Waals surface area contributed by atoms with E-state index in [2.05, 4.69) is 38.7 Å². The van der Waals surface area contributed by atoms with E-state index >= 15 is 0 Å². The maximum Gasteiger partial charge on any atom is 0.314 e. The molecule has 3 rings (SSSR count). The fourth-order valence-corrected chi connectivity index (χ4v) is 3.35.